The molecule has 2 rings (SSSR count). The van der Waals surface area contributed by atoms with Crippen LogP contribution in [0.25, 0.3) is 0 Å². The molecule has 144 valence electrons. The molecule has 2 unspecified atom stereocenters. The number of ether oxygens (including phenoxy) is 2. The largest absolute Gasteiger partial charge is 0.466 e. The van der Waals surface area contributed by atoms with Crippen LogP contribution in [0, 0.1) is 5.92 Å². The second-order valence-electron chi connectivity index (χ2n) is 6.42. The third-order valence-electron chi connectivity index (χ3n) is 4.50. The molecular weight excluding hydrogens is 358 g/mol. The minimum atomic E-state index is -3.60. The molecule has 1 aliphatic rings. The van der Waals surface area contributed by atoms with E-state index < -0.39 is 33.0 Å². The maximum Gasteiger partial charge on any atom is 0.337 e. The van der Waals surface area contributed by atoms with Crippen LogP contribution in [-0.2, 0) is 24.1 Å². The zero-order valence-corrected chi connectivity index (χ0v) is 16.3. The van der Waals surface area contributed by atoms with Crippen molar-refractivity contribution >= 4 is 21.8 Å². The lowest BCUT2D eigenvalue weighted by atomic mass is 9.93. The van der Waals surface area contributed by atoms with Gasteiger partial charge in [-0.1, -0.05) is 0 Å². The molecule has 2 atom stereocenters. The van der Waals surface area contributed by atoms with E-state index >= 15 is 0 Å². The lowest BCUT2D eigenvalue weighted by molar-refractivity contribution is -0.148. The van der Waals surface area contributed by atoms with Crippen molar-refractivity contribution in [3.63, 3.8) is 0 Å². The Hall–Kier alpha value is -1.93. The predicted molar refractivity (Wildman–Crippen MR) is 95.6 cm³/mol. The standard InChI is InChI=1S/C18H25NO6S/c1-5-25-18(21)13-8-9-19-16(13)14-10-12(17(20)24-4)6-7-15(14)26(22,23)11(2)3/h6-7,10-11,13,16,19H,5,8-9H2,1-4H3. The summed E-state index contributed by atoms with van der Waals surface area (Å²) in [5.74, 6) is -1.45. The van der Waals surface area contributed by atoms with Crippen LogP contribution in [0.15, 0.2) is 23.1 Å². The first-order chi connectivity index (χ1) is 12.2. The van der Waals surface area contributed by atoms with Crippen LogP contribution in [0.4, 0.5) is 0 Å². The van der Waals surface area contributed by atoms with Crippen molar-refractivity contribution in [3.8, 4) is 0 Å². The summed E-state index contributed by atoms with van der Waals surface area (Å²) in [6, 6.07) is 3.80. The summed E-state index contributed by atoms with van der Waals surface area (Å²) >= 11 is 0. The van der Waals surface area contributed by atoms with Crippen molar-refractivity contribution in [1.29, 1.82) is 0 Å². The highest BCUT2D eigenvalue weighted by atomic mass is 32.2. The van der Waals surface area contributed by atoms with E-state index in [1.165, 1.54) is 25.3 Å². The SMILES string of the molecule is CCOC(=O)C1CCNC1c1cc(C(=O)OC)ccc1S(=O)(=O)C(C)C. The van der Waals surface area contributed by atoms with Crippen LogP contribution in [0.3, 0.4) is 0 Å². The van der Waals surface area contributed by atoms with E-state index in [0.717, 1.165) is 0 Å². The molecule has 1 saturated heterocycles. The molecule has 0 aliphatic carbocycles. The molecule has 26 heavy (non-hydrogen) atoms. The van der Waals surface area contributed by atoms with Gasteiger partial charge in [-0.2, -0.15) is 0 Å². The van der Waals surface area contributed by atoms with Gasteiger partial charge in [-0.25, -0.2) is 13.2 Å². The molecule has 0 saturated carbocycles. The van der Waals surface area contributed by atoms with Gasteiger partial charge in [-0.15, -0.1) is 0 Å². The summed E-state index contributed by atoms with van der Waals surface area (Å²) in [7, 11) is -2.34. The van der Waals surface area contributed by atoms with Crippen LogP contribution in [0.5, 0.6) is 0 Å². The Morgan fingerprint density at radius 2 is 2.00 bits per heavy atom. The molecule has 0 spiro atoms. The zero-order valence-electron chi connectivity index (χ0n) is 15.4. The fraction of sp³-hybridized carbons (Fsp3) is 0.556. The number of rotatable bonds is 6. The maximum atomic E-state index is 12.8. The second-order valence-corrected chi connectivity index (χ2v) is 8.89. The van der Waals surface area contributed by atoms with Gasteiger partial charge in [0.15, 0.2) is 9.84 Å². The molecular formula is C18H25NO6S. The fourth-order valence-corrected chi connectivity index (χ4v) is 4.36. The summed E-state index contributed by atoms with van der Waals surface area (Å²) < 4.78 is 35.5. The van der Waals surface area contributed by atoms with E-state index in [2.05, 4.69) is 5.32 Å². The molecule has 1 aromatic carbocycles. The summed E-state index contributed by atoms with van der Waals surface area (Å²) in [6.45, 7) is 5.72. The van der Waals surface area contributed by atoms with Gasteiger partial charge < -0.3 is 14.8 Å². The molecule has 1 N–H and O–H groups in total. The van der Waals surface area contributed by atoms with Crippen LogP contribution < -0.4 is 5.32 Å². The highest BCUT2D eigenvalue weighted by molar-refractivity contribution is 7.92. The molecule has 1 heterocycles. The molecule has 7 nitrogen and oxygen atoms in total. The number of nitrogens with one attached hydrogen (secondary N) is 1. The number of carbonyl (C=O) groups excluding carboxylic acids is 2. The van der Waals surface area contributed by atoms with Crippen molar-refractivity contribution in [3.05, 3.63) is 29.3 Å². The van der Waals surface area contributed by atoms with Gasteiger partial charge in [0.1, 0.15) is 0 Å². The average Bonchev–Trinajstić information content (AvgIpc) is 3.10. The van der Waals surface area contributed by atoms with E-state index in [4.69, 9.17) is 9.47 Å². The van der Waals surface area contributed by atoms with E-state index in [1.54, 1.807) is 20.8 Å². The monoisotopic (exact) mass is 383 g/mol. The molecule has 8 heteroatoms. The van der Waals surface area contributed by atoms with Gasteiger partial charge in [-0.3, -0.25) is 4.79 Å². The first-order valence-corrected chi connectivity index (χ1v) is 10.1. The Bertz CT molecular complexity index is 787. The Labute approximate surface area is 154 Å². The van der Waals surface area contributed by atoms with Crippen LogP contribution in [0.2, 0.25) is 0 Å². The van der Waals surface area contributed by atoms with Crippen molar-refractivity contribution < 1.29 is 27.5 Å². The quantitative estimate of drug-likeness (QED) is 0.749. The van der Waals surface area contributed by atoms with E-state index in [9.17, 15) is 18.0 Å². The second kappa shape index (κ2) is 8.18. The van der Waals surface area contributed by atoms with Crippen LogP contribution >= 0.6 is 0 Å². The minimum absolute atomic E-state index is 0.119. The van der Waals surface area contributed by atoms with Crippen molar-refractivity contribution in [1.82, 2.24) is 5.32 Å². The molecule has 0 bridgehead atoms. The Balaban J connectivity index is 2.59. The minimum Gasteiger partial charge on any atom is -0.466 e. The van der Waals surface area contributed by atoms with Crippen molar-refractivity contribution in [2.45, 2.75) is 43.4 Å². The molecule has 1 fully saturated rings. The number of methoxy groups -OCH3 is 1. The smallest absolute Gasteiger partial charge is 0.337 e. The molecule has 0 radical (unpaired) electrons. The first kappa shape index (κ1) is 20.4. The fourth-order valence-electron chi connectivity index (χ4n) is 3.08. The molecule has 0 amide bonds. The third-order valence-corrected chi connectivity index (χ3v) is 6.73. The summed E-state index contributed by atoms with van der Waals surface area (Å²) in [5.41, 5.74) is 0.638. The number of esters is 2. The van der Waals surface area contributed by atoms with Crippen LogP contribution in [-0.4, -0.2) is 45.9 Å². The van der Waals surface area contributed by atoms with Crippen molar-refractivity contribution in [2.24, 2.45) is 5.92 Å². The Morgan fingerprint density at radius 1 is 1.31 bits per heavy atom. The highest BCUT2D eigenvalue weighted by Crippen LogP contribution is 2.36. The number of carbonyl (C=O) groups is 2. The molecule has 1 aromatic rings. The zero-order chi connectivity index (χ0) is 19.5. The normalized spacial score (nSPS) is 20.2. The lowest BCUT2D eigenvalue weighted by Gasteiger charge is -2.23. The Kier molecular flexibility index (Phi) is 6.41. The number of benzene rings is 1. The predicted octanol–water partition coefficient (Wildman–Crippen LogP) is 1.87. The van der Waals surface area contributed by atoms with Gasteiger partial charge >= 0.3 is 11.9 Å². The topological polar surface area (TPSA) is 98.8 Å². The van der Waals surface area contributed by atoms with E-state index in [0.29, 0.717) is 18.5 Å². The highest BCUT2D eigenvalue weighted by Gasteiger charge is 2.38. The van der Waals surface area contributed by atoms with E-state index in [-0.39, 0.29) is 23.0 Å². The summed E-state index contributed by atoms with van der Waals surface area (Å²) in [5, 5.41) is 2.55. The first-order valence-electron chi connectivity index (χ1n) is 8.60. The maximum absolute atomic E-state index is 12.8. The number of sulfone groups is 1. The van der Waals surface area contributed by atoms with Gasteiger partial charge in [0, 0.05) is 6.04 Å². The van der Waals surface area contributed by atoms with E-state index in [1.807, 2.05) is 0 Å². The van der Waals surface area contributed by atoms with Gasteiger partial charge in [0.2, 0.25) is 0 Å². The average molecular weight is 383 g/mol. The lowest BCUT2D eigenvalue weighted by Crippen LogP contribution is -2.28. The third kappa shape index (κ3) is 3.91. The number of hydrogen-bond donors (Lipinski definition) is 1. The van der Waals surface area contributed by atoms with Crippen molar-refractivity contribution in [2.75, 3.05) is 20.3 Å². The van der Waals surface area contributed by atoms with Crippen LogP contribution in [0.1, 0.15) is 49.2 Å². The van der Waals surface area contributed by atoms with Gasteiger partial charge in [0.25, 0.3) is 0 Å². The van der Waals surface area contributed by atoms with Gasteiger partial charge in [-0.05, 0) is 57.5 Å². The summed E-state index contributed by atoms with van der Waals surface area (Å²) in [4.78, 5) is 24.3. The number of hydrogen-bond acceptors (Lipinski definition) is 7. The van der Waals surface area contributed by atoms with Gasteiger partial charge in [0.05, 0.1) is 35.3 Å². The summed E-state index contributed by atoms with van der Waals surface area (Å²) in [6.07, 6.45) is 0.535. The Morgan fingerprint density at radius 3 is 2.58 bits per heavy atom. The molecule has 0 aromatic heterocycles. The molecule has 1 aliphatic heterocycles.